The van der Waals surface area contributed by atoms with Gasteiger partial charge in [-0.25, -0.2) is 8.42 Å². The molecule has 0 bridgehead atoms. The van der Waals surface area contributed by atoms with Crippen molar-refractivity contribution < 1.29 is 13.2 Å². The van der Waals surface area contributed by atoms with Gasteiger partial charge in [0.15, 0.2) is 0 Å². The van der Waals surface area contributed by atoms with Crippen molar-refractivity contribution >= 4 is 49.9 Å². The summed E-state index contributed by atoms with van der Waals surface area (Å²) >= 11 is 4.31. The molecule has 5 nitrogen and oxygen atoms in total. The van der Waals surface area contributed by atoms with Gasteiger partial charge < -0.3 is 4.90 Å². The predicted octanol–water partition coefficient (Wildman–Crippen LogP) is 4.75. The number of hydrogen-bond acceptors (Lipinski definition) is 6. The zero-order chi connectivity index (χ0) is 20.7. The molecule has 0 aliphatic carbocycles. The van der Waals surface area contributed by atoms with E-state index >= 15 is 0 Å². The number of rotatable bonds is 11. The van der Waals surface area contributed by atoms with Crippen LogP contribution in [0.25, 0.3) is 0 Å². The van der Waals surface area contributed by atoms with Crippen LogP contribution in [0, 0.1) is 6.92 Å². The number of hydrogen-bond donors (Lipinski definition) is 1. The fourth-order valence-corrected chi connectivity index (χ4v) is 6.53. The third-order valence-corrected chi connectivity index (χ3v) is 8.85. The van der Waals surface area contributed by atoms with Crippen LogP contribution in [0.2, 0.25) is 0 Å². The van der Waals surface area contributed by atoms with Crippen LogP contribution in [0.3, 0.4) is 0 Å². The van der Waals surface area contributed by atoms with Crippen molar-refractivity contribution in [1.29, 1.82) is 0 Å². The van der Waals surface area contributed by atoms with Gasteiger partial charge in [-0.2, -0.15) is 4.72 Å². The lowest BCUT2D eigenvalue weighted by Gasteiger charge is -2.27. The van der Waals surface area contributed by atoms with E-state index in [1.165, 1.54) is 0 Å². The summed E-state index contributed by atoms with van der Waals surface area (Å²) in [5, 5.41) is 5.66. The van der Waals surface area contributed by atoms with Gasteiger partial charge in [-0.1, -0.05) is 38.0 Å². The molecule has 0 unspecified atom stereocenters. The largest absolute Gasteiger partial charge is 0.331 e. The van der Waals surface area contributed by atoms with Gasteiger partial charge in [0.25, 0.3) is 10.0 Å². The molecule has 0 aromatic carbocycles. The third kappa shape index (κ3) is 6.23. The first-order valence-electron chi connectivity index (χ1n) is 9.18. The SMILES string of the molecule is [CH2]CCC[C@H](NS(=O)(=O)c1cccs1)C(=O)N(Cc1cccs1)Cc1cccs1. The summed E-state index contributed by atoms with van der Waals surface area (Å²) in [5.41, 5.74) is 0. The van der Waals surface area contributed by atoms with Crippen LogP contribution in [0.1, 0.15) is 29.0 Å². The number of amides is 1. The zero-order valence-corrected chi connectivity index (χ0v) is 19.1. The van der Waals surface area contributed by atoms with E-state index in [2.05, 4.69) is 11.6 Å². The summed E-state index contributed by atoms with van der Waals surface area (Å²) < 4.78 is 28.3. The molecule has 1 radical (unpaired) electrons. The van der Waals surface area contributed by atoms with E-state index in [1.807, 2.05) is 35.0 Å². The predicted molar refractivity (Wildman–Crippen MR) is 121 cm³/mol. The highest BCUT2D eigenvalue weighted by molar-refractivity contribution is 7.91. The van der Waals surface area contributed by atoms with E-state index in [4.69, 9.17) is 0 Å². The Morgan fingerprint density at radius 1 is 1.00 bits per heavy atom. The average Bonchev–Trinajstić information content (AvgIpc) is 3.47. The molecule has 155 valence electrons. The molecule has 0 saturated carbocycles. The first-order chi connectivity index (χ1) is 14.0. The lowest BCUT2D eigenvalue weighted by Crippen LogP contribution is -2.47. The zero-order valence-electron chi connectivity index (χ0n) is 15.8. The maximum absolute atomic E-state index is 13.4. The van der Waals surface area contributed by atoms with Crippen molar-refractivity contribution in [2.45, 2.75) is 42.6 Å². The molecule has 3 rings (SSSR count). The Labute approximate surface area is 184 Å². The van der Waals surface area contributed by atoms with E-state index in [-0.39, 0.29) is 10.1 Å². The molecule has 0 spiro atoms. The summed E-state index contributed by atoms with van der Waals surface area (Å²) in [6, 6.07) is 10.3. The number of nitrogens with one attached hydrogen (secondary N) is 1. The fraction of sp³-hybridized carbons (Fsp3) is 0.300. The summed E-state index contributed by atoms with van der Waals surface area (Å²) in [4.78, 5) is 17.3. The first-order valence-corrected chi connectivity index (χ1v) is 13.3. The number of thiophene rings is 3. The minimum atomic E-state index is -3.74. The van der Waals surface area contributed by atoms with Crippen LogP contribution in [0.15, 0.2) is 56.7 Å². The maximum Gasteiger partial charge on any atom is 0.250 e. The molecule has 29 heavy (non-hydrogen) atoms. The lowest BCUT2D eigenvalue weighted by atomic mass is 10.1. The van der Waals surface area contributed by atoms with E-state index in [0.717, 1.165) is 21.1 Å². The number of sulfonamides is 1. The second-order valence-electron chi connectivity index (χ2n) is 6.45. The summed E-state index contributed by atoms with van der Waals surface area (Å²) in [6.45, 7) is 4.74. The minimum Gasteiger partial charge on any atom is -0.331 e. The molecule has 3 aromatic heterocycles. The Hall–Kier alpha value is -1.52. The van der Waals surface area contributed by atoms with Crippen LogP contribution in [-0.2, 0) is 27.9 Å². The monoisotopic (exact) mass is 467 g/mol. The highest BCUT2D eigenvalue weighted by Crippen LogP contribution is 2.21. The normalized spacial score (nSPS) is 12.7. The quantitative estimate of drug-likeness (QED) is 0.442. The van der Waals surface area contributed by atoms with Gasteiger partial charge in [0.1, 0.15) is 10.3 Å². The summed E-state index contributed by atoms with van der Waals surface area (Å²) in [7, 11) is -3.74. The first kappa shape index (κ1) is 22.2. The third-order valence-electron chi connectivity index (χ3n) is 4.26. The van der Waals surface area contributed by atoms with Crippen LogP contribution in [-0.4, -0.2) is 25.3 Å². The summed E-state index contributed by atoms with van der Waals surface area (Å²) in [6.07, 6.45) is 1.72. The molecule has 0 fully saturated rings. The number of unbranched alkanes of at least 4 members (excludes halogenated alkanes) is 1. The fourth-order valence-electron chi connectivity index (χ4n) is 2.86. The van der Waals surface area contributed by atoms with Crippen molar-refractivity contribution in [2.24, 2.45) is 0 Å². The Bertz CT molecular complexity index is 929. The van der Waals surface area contributed by atoms with Crippen LogP contribution < -0.4 is 4.72 Å². The van der Waals surface area contributed by atoms with E-state index in [1.54, 1.807) is 45.1 Å². The molecule has 0 saturated heterocycles. The molecule has 9 heteroatoms. The molecule has 1 amide bonds. The Balaban J connectivity index is 1.83. The highest BCUT2D eigenvalue weighted by atomic mass is 32.2. The van der Waals surface area contributed by atoms with Crippen LogP contribution in [0.5, 0.6) is 0 Å². The van der Waals surface area contributed by atoms with Gasteiger partial charge in [-0.3, -0.25) is 4.79 Å². The topological polar surface area (TPSA) is 66.5 Å². The van der Waals surface area contributed by atoms with E-state index < -0.39 is 16.1 Å². The lowest BCUT2D eigenvalue weighted by molar-refractivity contribution is -0.134. The van der Waals surface area contributed by atoms with E-state index in [0.29, 0.717) is 32.4 Å². The molecular weight excluding hydrogens is 444 g/mol. The molecule has 1 N–H and O–H groups in total. The van der Waals surface area contributed by atoms with Crippen molar-refractivity contribution in [2.75, 3.05) is 0 Å². The number of carbonyl (C=O) groups excluding carboxylic acids is 1. The maximum atomic E-state index is 13.4. The molecule has 3 heterocycles. The van der Waals surface area contributed by atoms with Gasteiger partial charge >= 0.3 is 0 Å². The number of carbonyl (C=O) groups is 1. The van der Waals surface area contributed by atoms with Gasteiger partial charge in [-0.05, 0) is 40.8 Å². The van der Waals surface area contributed by atoms with Crippen molar-refractivity contribution in [3.8, 4) is 0 Å². The van der Waals surface area contributed by atoms with Crippen molar-refractivity contribution in [3.63, 3.8) is 0 Å². The standard InChI is InChI=1S/C20H23N2O3S4/c1-2-3-9-18(21-29(24,25)19-10-6-13-28-19)20(23)22(14-16-7-4-11-26-16)15-17-8-5-12-27-17/h4-8,10-13,18,21H,1-3,9,14-15H2/t18-/m0/s1. The van der Waals surface area contributed by atoms with Gasteiger partial charge in [0.05, 0.1) is 13.1 Å². The second kappa shape index (κ2) is 10.5. The molecule has 0 aliphatic rings. The number of nitrogens with zero attached hydrogens (tertiary/aromatic N) is 1. The van der Waals surface area contributed by atoms with Crippen molar-refractivity contribution in [1.82, 2.24) is 9.62 Å². The Morgan fingerprint density at radius 3 is 2.07 bits per heavy atom. The Morgan fingerprint density at radius 2 is 1.59 bits per heavy atom. The van der Waals surface area contributed by atoms with Crippen molar-refractivity contribution in [3.05, 3.63) is 69.2 Å². The average molecular weight is 468 g/mol. The van der Waals surface area contributed by atoms with Gasteiger partial charge in [0.2, 0.25) is 5.91 Å². The molecule has 1 atom stereocenters. The van der Waals surface area contributed by atoms with Gasteiger partial charge in [-0.15, -0.1) is 34.0 Å². The van der Waals surface area contributed by atoms with Crippen LogP contribution >= 0.6 is 34.0 Å². The smallest absolute Gasteiger partial charge is 0.250 e. The molecular formula is C20H23N2O3S4. The van der Waals surface area contributed by atoms with E-state index in [9.17, 15) is 13.2 Å². The van der Waals surface area contributed by atoms with Crippen LogP contribution in [0.4, 0.5) is 0 Å². The second-order valence-corrected chi connectivity index (χ2v) is 11.4. The molecule has 3 aromatic rings. The Kier molecular flexibility index (Phi) is 8.02. The highest BCUT2D eigenvalue weighted by Gasteiger charge is 2.30. The summed E-state index contributed by atoms with van der Waals surface area (Å²) in [5.74, 6) is -0.208. The van der Waals surface area contributed by atoms with Gasteiger partial charge in [0, 0.05) is 9.75 Å². The minimum absolute atomic E-state index is 0.208. The molecule has 0 aliphatic heterocycles.